The van der Waals surface area contributed by atoms with Crippen LogP contribution >= 0.6 is 11.3 Å². The molecule has 0 unspecified atom stereocenters. The van der Waals surface area contributed by atoms with Crippen molar-refractivity contribution in [2.75, 3.05) is 11.9 Å². The van der Waals surface area contributed by atoms with Gasteiger partial charge in [-0.2, -0.15) is 0 Å². The number of nitrogens with one attached hydrogen (secondary N) is 1. The van der Waals surface area contributed by atoms with Crippen molar-refractivity contribution in [3.05, 3.63) is 50.7 Å². The van der Waals surface area contributed by atoms with E-state index in [2.05, 4.69) is 19.2 Å². The monoisotopic (exact) mass is 371 g/mol. The molecule has 0 saturated heterocycles. The summed E-state index contributed by atoms with van der Waals surface area (Å²) in [5, 5.41) is 4.80. The van der Waals surface area contributed by atoms with Crippen LogP contribution in [-0.2, 0) is 35.2 Å². The highest BCUT2D eigenvalue weighted by atomic mass is 32.1. The van der Waals surface area contributed by atoms with E-state index in [1.54, 1.807) is 11.3 Å². The second kappa shape index (κ2) is 8.49. The van der Waals surface area contributed by atoms with Crippen LogP contribution in [0.1, 0.15) is 58.6 Å². The lowest BCUT2D eigenvalue weighted by Crippen LogP contribution is -2.22. The number of para-hydroxylation sites is 1. The molecule has 0 fully saturated rings. The number of rotatable bonds is 6. The van der Waals surface area contributed by atoms with Gasteiger partial charge in [0, 0.05) is 15.9 Å². The van der Waals surface area contributed by atoms with Crippen molar-refractivity contribution < 1.29 is 14.3 Å². The average Bonchev–Trinajstić information content (AvgIpc) is 3.10. The molecule has 1 aliphatic rings. The molecule has 0 saturated carbocycles. The largest absolute Gasteiger partial charge is 0.452 e. The van der Waals surface area contributed by atoms with Crippen LogP contribution in [0.15, 0.2) is 23.6 Å². The standard InChI is InChI=1S/C21H25NO3S/c1-3-14-8-7-9-15(4-2)20(14)22-19(23)12-25-21(24)17-13-26-18-11-6-5-10-16(17)18/h7-9,13H,3-6,10-12H2,1-2H3,(H,22,23). The molecule has 1 amide bonds. The first-order valence-corrected chi connectivity index (χ1v) is 10.2. The molecule has 5 heteroatoms. The minimum Gasteiger partial charge on any atom is -0.452 e. The maximum Gasteiger partial charge on any atom is 0.339 e. The SMILES string of the molecule is CCc1cccc(CC)c1NC(=O)COC(=O)c1csc2c1CCCC2. The molecule has 1 heterocycles. The van der Waals surface area contributed by atoms with E-state index in [9.17, 15) is 9.59 Å². The molecule has 0 bridgehead atoms. The van der Waals surface area contributed by atoms with Crippen LogP contribution in [0.2, 0.25) is 0 Å². The number of hydrogen-bond donors (Lipinski definition) is 1. The lowest BCUT2D eigenvalue weighted by atomic mass is 9.96. The van der Waals surface area contributed by atoms with Crippen molar-refractivity contribution in [3.8, 4) is 0 Å². The molecular formula is C21H25NO3S. The topological polar surface area (TPSA) is 55.4 Å². The van der Waals surface area contributed by atoms with E-state index in [4.69, 9.17) is 4.74 Å². The third-order valence-corrected chi connectivity index (χ3v) is 5.97. The van der Waals surface area contributed by atoms with E-state index >= 15 is 0 Å². The Kier molecular flexibility index (Phi) is 6.09. The van der Waals surface area contributed by atoms with Crippen molar-refractivity contribution >= 4 is 28.9 Å². The first kappa shape index (κ1) is 18.6. The van der Waals surface area contributed by atoms with Gasteiger partial charge in [-0.05, 0) is 55.2 Å². The molecule has 0 radical (unpaired) electrons. The summed E-state index contributed by atoms with van der Waals surface area (Å²) in [4.78, 5) is 26.0. The molecule has 0 spiro atoms. The lowest BCUT2D eigenvalue weighted by Gasteiger charge is -2.15. The Labute approximate surface area is 158 Å². The molecule has 2 aromatic rings. The summed E-state index contributed by atoms with van der Waals surface area (Å²) >= 11 is 1.63. The Morgan fingerprint density at radius 1 is 1.12 bits per heavy atom. The molecule has 1 N–H and O–H groups in total. The predicted octanol–water partition coefficient (Wildman–Crippen LogP) is 4.55. The second-order valence-electron chi connectivity index (χ2n) is 6.54. The zero-order chi connectivity index (χ0) is 18.5. The molecular weight excluding hydrogens is 346 g/mol. The number of anilines is 1. The van der Waals surface area contributed by atoms with Gasteiger partial charge in [0.2, 0.25) is 0 Å². The number of carbonyl (C=O) groups is 2. The van der Waals surface area contributed by atoms with E-state index < -0.39 is 0 Å². The molecule has 1 aliphatic carbocycles. The molecule has 1 aromatic carbocycles. The van der Waals surface area contributed by atoms with Gasteiger partial charge < -0.3 is 10.1 Å². The first-order valence-electron chi connectivity index (χ1n) is 9.31. The number of ether oxygens (including phenoxy) is 1. The Morgan fingerprint density at radius 3 is 2.50 bits per heavy atom. The van der Waals surface area contributed by atoms with Crippen LogP contribution in [0.3, 0.4) is 0 Å². The van der Waals surface area contributed by atoms with Gasteiger partial charge in [-0.1, -0.05) is 32.0 Å². The summed E-state index contributed by atoms with van der Waals surface area (Å²) in [5.41, 5.74) is 4.80. The Bertz CT molecular complexity index is 787. The van der Waals surface area contributed by atoms with Gasteiger partial charge in [0.25, 0.3) is 5.91 Å². The van der Waals surface area contributed by atoms with E-state index in [0.29, 0.717) is 5.56 Å². The van der Waals surface area contributed by atoms with Gasteiger partial charge in [-0.15, -0.1) is 11.3 Å². The fourth-order valence-corrected chi connectivity index (χ4v) is 4.57. The summed E-state index contributed by atoms with van der Waals surface area (Å²) in [7, 11) is 0. The van der Waals surface area contributed by atoms with E-state index in [1.807, 2.05) is 23.6 Å². The van der Waals surface area contributed by atoms with E-state index in [-0.39, 0.29) is 18.5 Å². The van der Waals surface area contributed by atoms with Crippen molar-refractivity contribution in [1.82, 2.24) is 0 Å². The van der Waals surface area contributed by atoms with Gasteiger partial charge in [-0.3, -0.25) is 4.79 Å². The molecule has 0 aliphatic heterocycles. The highest BCUT2D eigenvalue weighted by Gasteiger charge is 2.22. The Balaban J connectivity index is 1.63. The zero-order valence-electron chi connectivity index (χ0n) is 15.4. The van der Waals surface area contributed by atoms with Crippen molar-refractivity contribution in [2.24, 2.45) is 0 Å². The number of amides is 1. The van der Waals surface area contributed by atoms with Crippen LogP contribution in [0.4, 0.5) is 5.69 Å². The number of carbonyl (C=O) groups excluding carboxylic acids is 2. The minimum atomic E-state index is -0.390. The van der Waals surface area contributed by atoms with Crippen LogP contribution in [0, 0.1) is 0 Å². The summed E-state index contributed by atoms with van der Waals surface area (Å²) in [6.07, 6.45) is 5.94. The molecule has 0 atom stereocenters. The Hall–Kier alpha value is -2.14. The van der Waals surface area contributed by atoms with Crippen LogP contribution in [0.25, 0.3) is 0 Å². The number of thiophene rings is 1. The highest BCUT2D eigenvalue weighted by Crippen LogP contribution is 2.30. The quantitative estimate of drug-likeness (QED) is 0.758. The fraction of sp³-hybridized carbons (Fsp3) is 0.429. The Morgan fingerprint density at radius 2 is 1.81 bits per heavy atom. The van der Waals surface area contributed by atoms with Crippen LogP contribution < -0.4 is 5.32 Å². The summed E-state index contributed by atoms with van der Waals surface area (Å²) < 4.78 is 5.29. The van der Waals surface area contributed by atoms with Gasteiger partial charge in [0.1, 0.15) is 0 Å². The number of fused-ring (bicyclic) bond motifs is 1. The first-order chi connectivity index (χ1) is 12.6. The van der Waals surface area contributed by atoms with Gasteiger partial charge in [0.05, 0.1) is 5.56 Å². The molecule has 4 nitrogen and oxygen atoms in total. The zero-order valence-corrected chi connectivity index (χ0v) is 16.2. The maximum absolute atomic E-state index is 12.4. The van der Waals surface area contributed by atoms with Gasteiger partial charge in [0.15, 0.2) is 6.61 Å². The van der Waals surface area contributed by atoms with Crippen molar-refractivity contribution in [3.63, 3.8) is 0 Å². The lowest BCUT2D eigenvalue weighted by molar-refractivity contribution is -0.119. The second-order valence-corrected chi connectivity index (χ2v) is 7.51. The van der Waals surface area contributed by atoms with Crippen molar-refractivity contribution in [1.29, 1.82) is 0 Å². The molecule has 1 aromatic heterocycles. The predicted molar refractivity (Wildman–Crippen MR) is 105 cm³/mol. The highest BCUT2D eigenvalue weighted by molar-refractivity contribution is 7.10. The van der Waals surface area contributed by atoms with Gasteiger partial charge in [-0.25, -0.2) is 4.79 Å². The summed E-state index contributed by atoms with van der Waals surface area (Å²) in [6, 6.07) is 6.03. The summed E-state index contributed by atoms with van der Waals surface area (Å²) in [5.74, 6) is -0.683. The van der Waals surface area contributed by atoms with E-state index in [1.165, 1.54) is 11.3 Å². The third kappa shape index (κ3) is 3.98. The molecule has 26 heavy (non-hydrogen) atoms. The number of aryl methyl sites for hydroxylation is 3. The number of esters is 1. The fourth-order valence-electron chi connectivity index (χ4n) is 3.45. The van der Waals surface area contributed by atoms with Crippen LogP contribution in [-0.4, -0.2) is 18.5 Å². The average molecular weight is 372 g/mol. The smallest absolute Gasteiger partial charge is 0.339 e. The third-order valence-electron chi connectivity index (χ3n) is 4.88. The number of benzene rings is 1. The van der Waals surface area contributed by atoms with Crippen LogP contribution in [0.5, 0.6) is 0 Å². The summed E-state index contributed by atoms with van der Waals surface area (Å²) in [6.45, 7) is 3.86. The molecule has 3 rings (SSSR count). The maximum atomic E-state index is 12.4. The molecule has 138 valence electrons. The number of hydrogen-bond acceptors (Lipinski definition) is 4. The minimum absolute atomic E-state index is 0.259. The van der Waals surface area contributed by atoms with Gasteiger partial charge >= 0.3 is 5.97 Å². The normalized spacial score (nSPS) is 13.2. The van der Waals surface area contributed by atoms with E-state index in [0.717, 1.165) is 54.5 Å². The van der Waals surface area contributed by atoms with Crippen molar-refractivity contribution in [2.45, 2.75) is 52.4 Å².